The zero-order chi connectivity index (χ0) is 23.9. The van der Waals surface area contributed by atoms with Crippen LogP contribution in [-0.2, 0) is 11.2 Å². The lowest BCUT2D eigenvalue weighted by Gasteiger charge is -2.28. The van der Waals surface area contributed by atoms with Crippen molar-refractivity contribution < 1.29 is 17.9 Å². The van der Waals surface area contributed by atoms with E-state index in [4.69, 9.17) is 4.74 Å². The van der Waals surface area contributed by atoms with Crippen LogP contribution in [0.25, 0.3) is 10.8 Å². The highest BCUT2D eigenvalue weighted by molar-refractivity contribution is 5.84. The standard InChI is InChI=1S/C30H31F3O/c1-34-18-2-3-21-4-6-22(7-5-21)8-9-24-11-14-25(29(32)20-24)13-10-23-12-16-27-26(19-23)15-17-28(31)30(27)33/h11-12,14-17,19-22H,2-9,18H2,1H3. The first-order valence-electron chi connectivity index (χ1n) is 12.2. The van der Waals surface area contributed by atoms with Crippen LogP contribution in [0.15, 0.2) is 48.5 Å². The average Bonchev–Trinajstić information content (AvgIpc) is 2.85. The van der Waals surface area contributed by atoms with Crippen LogP contribution in [0.1, 0.15) is 61.6 Å². The van der Waals surface area contributed by atoms with E-state index >= 15 is 0 Å². The molecule has 0 spiro atoms. The van der Waals surface area contributed by atoms with Crippen LogP contribution in [0.2, 0.25) is 0 Å². The van der Waals surface area contributed by atoms with Gasteiger partial charge in [0.2, 0.25) is 0 Å². The molecule has 0 heterocycles. The van der Waals surface area contributed by atoms with Gasteiger partial charge in [-0.1, -0.05) is 55.7 Å². The Kier molecular flexibility index (Phi) is 8.29. The van der Waals surface area contributed by atoms with Crippen molar-refractivity contribution in [1.82, 2.24) is 0 Å². The number of ether oxygens (including phenoxy) is 1. The van der Waals surface area contributed by atoms with Crippen LogP contribution >= 0.6 is 0 Å². The van der Waals surface area contributed by atoms with Crippen LogP contribution in [0, 0.1) is 41.1 Å². The number of halogens is 3. The lowest BCUT2D eigenvalue weighted by atomic mass is 9.78. The fourth-order valence-electron chi connectivity index (χ4n) is 4.99. The van der Waals surface area contributed by atoms with Gasteiger partial charge in [-0.25, -0.2) is 13.2 Å². The Balaban J connectivity index is 1.32. The van der Waals surface area contributed by atoms with Crippen molar-refractivity contribution >= 4 is 10.8 Å². The Morgan fingerprint density at radius 3 is 2.32 bits per heavy atom. The second-order valence-corrected chi connectivity index (χ2v) is 9.42. The number of fused-ring (bicyclic) bond motifs is 1. The van der Waals surface area contributed by atoms with Crippen molar-refractivity contribution in [2.45, 2.75) is 51.4 Å². The SMILES string of the molecule is COCCCC1CCC(CCc2ccc(C#Cc3ccc4c(F)c(F)ccc4c3)c(F)c2)CC1. The molecule has 0 amide bonds. The van der Waals surface area contributed by atoms with Crippen molar-refractivity contribution in [2.24, 2.45) is 11.8 Å². The zero-order valence-electron chi connectivity index (χ0n) is 19.7. The van der Waals surface area contributed by atoms with E-state index in [9.17, 15) is 13.2 Å². The van der Waals surface area contributed by atoms with Gasteiger partial charge in [-0.3, -0.25) is 0 Å². The first-order chi connectivity index (χ1) is 16.5. The molecule has 4 rings (SSSR count). The topological polar surface area (TPSA) is 9.23 Å². The van der Waals surface area contributed by atoms with Crippen molar-refractivity contribution in [2.75, 3.05) is 13.7 Å². The average molecular weight is 465 g/mol. The summed E-state index contributed by atoms with van der Waals surface area (Å²) in [7, 11) is 1.76. The van der Waals surface area contributed by atoms with Crippen LogP contribution in [0.3, 0.4) is 0 Å². The first-order valence-corrected chi connectivity index (χ1v) is 12.2. The largest absolute Gasteiger partial charge is 0.385 e. The molecule has 0 aliphatic heterocycles. The summed E-state index contributed by atoms with van der Waals surface area (Å²) in [5, 5.41) is 0.770. The second kappa shape index (κ2) is 11.6. The molecule has 1 nitrogen and oxygen atoms in total. The zero-order valence-corrected chi connectivity index (χ0v) is 19.7. The molecular formula is C30H31F3O. The molecule has 0 atom stereocenters. The summed E-state index contributed by atoms with van der Waals surface area (Å²) in [4.78, 5) is 0. The number of aryl methyl sites for hydroxylation is 1. The summed E-state index contributed by atoms with van der Waals surface area (Å²) < 4.78 is 47.1. The van der Waals surface area contributed by atoms with Gasteiger partial charge in [-0.05, 0) is 78.8 Å². The molecule has 1 fully saturated rings. The van der Waals surface area contributed by atoms with E-state index < -0.39 is 11.6 Å². The van der Waals surface area contributed by atoms with Gasteiger partial charge in [0.1, 0.15) is 5.82 Å². The number of rotatable bonds is 7. The highest BCUT2D eigenvalue weighted by atomic mass is 19.2. The maximum atomic E-state index is 14.7. The molecule has 0 aromatic heterocycles. The molecule has 0 bridgehead atoms. The van der Waals surface area contributed by atoms with Crippen molar-refractivity contribution in [1.29, 1.82) is 0 Å². The highest BCUT2D eigenvalue weighted by Crippen LogP contribution is 2.34. The van der Waals surface area contributed by atoms with E-state index in [0.29, 0.717) is 16.5 Å². The van der Waals surface area contributed by atoms with Gasteiger partial charge >= 0.3 is 0 Å². The van der Waals surface area contributed by atoms with Gasteiger partial charge in [0.05, 0.1) is 5.56 Å². The van der Waals surface area contributed by atoms with Crippen LogP contribution < -0.4 is 0 Å². The molecule has 0 radical (unpaired) electrons. The quantitative estimate of drug-likeness (QED) is 0.256. The monoisotopic (exact) mass is 464 g/mol. The van der Waals surface area contributed by atoms with E-state index in [1.165, 1.54) is 44.2 Å². The molecule has 4 heteroatoms. The summed E-state index contributed by atoms with van der Waals surface area (Å²) in [6, 6.07) is 12.7. The Labute approximate surface area is 200 Å². The third kappa shape index (κ3) is 6.21. The van der Waals surface area contributed by atoms with E-state index in [0.717, 1.165) is 49.3 Å². The van der Waals surface area contributed by atoms with Gasteiger partial charge in [0.15, 0.2) is 11.6 Å². The molecule has 1 saturated carbocycles. The van der Waals surface area contributed by atoms with Crippen molar-refractivity contribution in [3.63, 3.8) is 0 Å². The first kappa shape index (κ1) is 24.4. The Morgan fingerprint density at radius 1 is 0.824 bits per heavy atom. The number of hydrogen-bond acceptors (Lipinski definition) is 1. The molecular weight excluding hydrogens is 433 g/mol. The lowest BCUT2D eigenvalue weighted by Crippen LogP contribution is -2.15. The second-order valence-electron chi connectivity index (χ2n) is 9.42. The Bertz CT molecular complexity index is 1180. The minimum Gasteiger partial charge on any atom is -0.385 e. The molecule has 3 aromatic carbocycles. The van der Waals surface area contributed by atoms with Crippen molar-refractivity contribution in [3.05, 3.63) is 82.7 Å². The van der Waals surface area contributed by atoms with Gasteiger partial charge in [0.25, 0.3) is 0 Å². The molecule has 3 aromatic rings. The molecule has 1 aliphatic carbocycles. The van der Waals surface area contributed by atoms with Crippen molar-refractivity contribution in [3.8, 4) is 11.8 Å². The smallest absolute Gasteiger partial charge is 0.166 e. The number of benzene rings is 3. The predicted octanol–water partition coefficient (Wildman–Crippen LogP) is 7.82. The fraction of sp³-hybridized carbons (Fsp3) is 0.400. The fourth-order valence-corrected chi connectivity index (χ4v) is 4.99. The van der Waals surface area contributed by atoms with Gasteiger partial charge in [-0.2, -0.15) is 0 Å². The van der Waals surface area contributed by atoms with E-state index in [1.807, 2.05) is 6.07 Å². The summed E-state index contributed by atoms with van der Waals surface area (Å²) in [6.07, 6.45) is 9.54. The molecule has 34 heavy (non-hydrogen) atoms. The van der Waals surface area contributed by atoms with Gasteiger partial charge in [-0.15, -0.1) is 0 Å². The van der Waals surface area contributed by atoms with Crippen LogP contribution in [-0.4, -0.2) is 13.7 Å². The Hall–Kier alpha value is -2.77. The molecule has 178 valence electrons. The van der Waals surface area contributed by atoms with Gasteiger partial charge in [0, 0.05) is 24.7 Å². The van der Waals surface area contributed by atoms with Crippen LogP contribution in [0.4, 0.5) is 13.2 Å². The molecule has 0 N–H and O–H groups in total. The van der Waals surface area contributed by atoms with Crippen LogP contribution in [0.5, 0.6) is 0 Å². The number of hydrogen-bond donors (Lipinski definition) is 0. The summed E-state index contributed by atoms with van der Waals surface area (Å²) >= 11 is 0. The molecule has 1 aliphatic rings. The number of methoxy groups -OCH3 is 1. The Morgan fingerprint density at radius 2 is 1.59 bits per heavy atom. The van der Waals surface area contributed by atoms with E-state index in [1.54, 1.807) is 31.4 Å². The minimum atomic E-state index is -0.876. The highest BCUT2D eigenvalue weighted by Gasteiger charge is 2.20. The summed E-state index contributed by atoms with van der Waals surface area (Å²) in [5.74, 6) is 5.32. The van der Waals surface area contributed by atoms with E-state index in [2.05, 4.69) is 11.8 Å². The summed E-state index contributed by atoms with van der Waals surface area (Å²) in [6.45, 7) is 0.856. The molecule has 0 unspecified atom stereocenters. The van der Waals surface area contributed by atoms with E-state index in [-0.39, 0.29) is 11.2 Å². The maximum absolute atomic E-state index is 14.7. The third-order valence-electron chi connectivity index (χ3n) is 7.05. The maximum Gasteiger partial charge on any atom is 0.166 e. The normalized spacial score (nSPS) is 18.0. The van der Waals surface area contributed by atoms with Gasteiger partial charge < -0.3 is 4.74 Å². The predicted molar refractivity (Wildman–Crippen MR) is 131 cm³/mol. The lowest BCUT2D eigenvalue weighted by molar-refractivity contribution is 0.175. The minimum absolute atomic E-state index is 0.209. The summed E-state index contributed by atoms with van der Waals surface area (Å²) in [5.41, 5.74) is 1.97. The molecule has 0 saturated heterocycles. The third-order valence-corrected chi connectivity index (χ3v) is 7.05.